The highest BCUT2D eigenvalue weighted by Crippen LogP contribution is 2.24. The number of phenols is 1. The predicted molar refractivity (Wildman–Crippen MR) is 82.3 cm³/mol. The fourth-order valence-corrected chi connectivity index (χ4v) is 2.85. The summed E-state index contributed by atoms with van der Waals surface area (Å²) in [6.45, 7) is 0. The molecule has 0 fully saturated rings. The van der Waals surface area contributed by atoms with Crippen LogP contribution in [0.4, 0.5) is 5.69 Å². The molecule has 0 bridgehead atoms. The monoisotopic (exact) mass is 283 g/mol. The number of benzene rings is 2. The van der Waals surface area contributed by atoms with Crippen LogP contribution in [0.25, 0.3) is 10.1 Å². The first kappa shape index (κ1) is 12.7. The average Bonchev–Trinajstić information content (AvgIpc) is 2.89. The molecule has 1 amide bonds. The molecule has 0 aliphatic rings. The summed E-state index contributed by atoms with van der Waals surface area (Å²) >= 11 is 1.67. The van der Waals surface area contributed by atoms with Gasteiger partial charge in [0.05, 0.1) is 6.42 Å². The molecular formula is C16H13NO2S. The number of hydrogen-bond acceptors (Lipinski definition) is 3. The van der Waals surface area contributed by atoms with E-state index in [1.165, 1.54) is 4.70 Å². The van der Waals surface area contributed by atoms with Gasteiger partial charge in [0.15, 0.2) is 0 Å². The molecule has 0 aliphatic heterocycles. The number of nitrogens with one attached hydrogen (secondary N) is 1. The molecular weight excluding hydrogens is 270 g/mol. The van der Waals surface area contributed by atoms with E-state index in [0.717, 1.165) is 11.1 Å². The largest absolute Gasteiger partial charge is 0.508 e. The van der Waals surface area contributed by atoms with E-state index in [1.807, 2.05) is 29.6 Å². The van der Waals surface area contributed by atoms with Crippen molar-refractivity contribution >= 4 is 33.0 Å². The first-order valence-electron chi connectivity index (χ1n) is 6.26. The highest BCUT2D eigenvalue weighted by atomic mass is 32.1. The maximum atomic E-state index is 12.0. The van der Waals surface area contributed by atoms with Gasteiger partial charge in [-0.15, -0.1) is 11.3 Å². The van der Waals surface area contributed by atoms with Crippen molar-refractivity contribution < 1.29 is 9.90 Å². The number of anilines is 1. The van der Waals surface area contributed by atoms with Gasteiger partial charge in [-0.3, -0.25) is 4.79 Å². The quantitative estimate of drug-likeness (QED) is 0.768. The number of hydrogen-bond donors (Lipinski definition) is 2. The van der Waals surface area contributed by atoms with Crippen LogP contribution in [0.3, 0.4) is 0 Å². The molecule has 3 rings (SSSR count). The smallest absolute Gasteiger partial charge is 0.228 e. The number of carbonyl (C=O) groups excluding carboxylic acids is 1. The van der Waals surface area contributed by atoms with Gasteiger partial charge in [0.2, 0.25) is 5.91 Å². The molecule has 0 saturated carbocycles. The molecule has 2 aromatic carbocycles. The van der Waals surface area contributed by atoms with Crippen LogP contribution in [-0.2, 0) is 11.2 Å². The summed E-state index contributed by atoms with van der Waals surface area (Å²) in [4.78, 5) is 12.0. The molecule has 0 spiro atoms. The number of amides is 1. The Morgan fingerprint density at radius 3 is 2.85 bits per heavy atom. The molecule has 0 aliphatic carbocycles. The molecule has 4 heteroatoms. The third kappa shape index (κ3) is 2.65. The van der Waals surface area contributed by atoms with Crippen molar-refractivity contribution in [2.24, 2.45) is 0 Å². The summed E-state index contributed by atoms with van der Waals surface area (Å²) in [5, 5.41) is 15.7. The van der Waals surface area contributed by atoms with Gasteiger partial charge in [-0.05, 0) is 41.1 Å². The maximum Gasteiger partial charge on any atom is 0.228 e. The lowest BCUT2D eigenvalue weighted by Crippen LogP contribution is -2.14. The van der Waals surface area contributed by atoms with Crippen LogP contribution in [0, 0.1) is 0 Å². The molecule has 0 unspecified atom stereocenters. The summed E-state index contributed by atoms with van der Waals surface area (Å²) in [7, 11) is 0. The Morgan fingerprint density at radius 1 is 1.15 bits per heavy atom. The number of para-hydroxylation sites is 1. The maximum absolute atomic E-state index is 12.0. The highest BCUT2D eigenvalue weighted by Gasteiger charge is 2.08. The van der Waals surface area contributed by atoms with Crippen molar-refractivity contribution in [1.82, 2.24) is 0 Å². The Bertz CT molecular complexity index is 764. The van der Waals surface area contributed by atoms with Crippen molar-refractivity contribution in [1.29, 1.82) is 0 Å². The minimum absolute atomic E-state index is 0.138. The summed E-state index contributed by atoms with van der Waals surface area (Å²) in [5.74, 6) is 0.0111. The van der Waals surface area contributed by atoms with Crippen molar-refractivity contribution in [2.75, 3.05) is 5.32 Å². The Balaban J connectivity index is 1.74. The second-order valence-corrected chi connectivity index (χ2v) is 5.47. The van der Waals surface area contributed by atoms with Crippen LogP contribution in [0.1, 0.15) is 5.56 Å². The third-order valence-corrected chi connectivity index (χ3v) is 3.98. The van der Waals surface area contributed by atoms with Crippen LogP contribution >= 0.6 is 11.3 Å². The molecule has 1 aromatic heterocycles. The number of rotatable bonds is 3. The fourth-order valence-electron chi connectivity index (χ4n) is 2.08. The summed E-state index contributed by atoms with van der Waals surface area (Å²) in [6.07, 6.45) is 0.161. The van der Waals surface area contributed by atoms with Crippen LogP contribution in [-0.4, -0.2) is 11.0 Å². The molecule has 0 radical (unpaired) electrons. The molecule has 100 valence electrons. The number of aromatic hydroxyl groups is 1. The van der Waals surface area contributed by atoms with Crippen LogP contribution in [0.5, 0.6) is 5.75 Å². The van der Waals surface area contributed by atoms with E-state index in [1.54, 1.807) is 35.6 Å². The average molecular weight is 283 g/mol. The standard InChI is InChI=1S/C16H13NO2S/c18-14-4-2-1-3-11(14)10-16(19)17-13-5-6-15-12(9-13)7-8-20-15/h1-9,18H,10H2,(H,17,19). The number of phenolic OH excluding ortho intramolecular Hbond substituents is 1. The van der Waals surface area contributed by atoms with Gasteiger partial charge in [-0.1, -0.05) is 18.2 Å². The third-order valence-electron chi connectivity index (χ3n) is 3.08. The van der Waals surface area contributed by atoms with Gasteiger partial charge in [-0.25, -0.2) is 0 Å². The molecule has 0 saturated heterocycles. The predicted octanol–water partition coefficient (Wildman–Crippen LogP) is 3.79. The summed E-state index contributed by atoms with van der Waals surface area (Å²) < 4.78 is 1.20. The van der Waals surface area contributed by atoms with E-state index in [9.17, 15) is 9.90 Å². The lowest BCUT2D eigenvalue weighted by Gasteiger charge is -2.06. The Kier molecular flexibility index (Phi) is 3.39. The van der Waals surface area contributed by atoms with Gasteiger partial charge in [0.25, 0.3) is 0 Å². The summed E-state index contributed by atoms with van der Waals surface area (Å²) in [6, 6.07) is 14.7. The fraction of sp³-hybridized carbons (Fsp3) is 0.0625. The van der Waals surface area contributed by atoms with Gasteiger partial charge in [0.1, 0.15) is 5.75 Å². The normalized spacial score (nSPS) is 10.6. The van der Waals surface area contributed by atoms with Gasteiger partial charge in [-0.2, -0.15) is 0 Å². The first-order chi connectivity index (χ1) is 9.72. The van der Waals surface area contributed by atoms with Crippen molar-refractivity contribution in [2.45, 2.75) is 6.42 Å². The highest BCUT2D eigenvalue weighted by molar-refractivity contribution is 7.17. The topological polar surface area (TPSA) is 49.3 Å². The van der Waals surface area contributed by atoms with E-state index < -0.39 is 0 Å². The molecule has 3 nitrogen and oxygen atoms in total. The Hall–Kier alpha value is -2.33. The Morgan fingerprint density at radius 2 is 2.00 bits per heavy atom. The minimum Gasteiger partial charge on any atom is -0.508 e. The van der Waals surface area contributed by atoms with E-state index in [-0.39, 0.29) is 18.1 Å². The zero-order chi connectivity index (χ0) is 13.9. The minimum atomic E-state index is -0.138. The van der Waals surface area contributed by atoms with Crippen LogP contribution < -0.4 is 5.32 Å². The molecule has 2 N–H and O–H groups in total. The second kappa shape index (κ2) is 5.35. The SMILES string of the molecule is O=C(Cc1ccccc1O)Nc1ccc2sccc2c1. The Labute approximate surface area is 120 Å². The second-order valence-electron chi connectivity index (χ2n) is 4.53. The number of carbonyl (C=O) groups is 1. The van der Waals surface area contributed by atoms with E-state index in [2.05, 4.69) is 5.32 Å². The van der Waals surface area contributed by atoms with Gasteiger partial charge >= 0.3 is 0 Å². The van der Waals surface area contributed by atoms with Crippen LogP contribution in [0.15, 0.2) is 53.9 Å². The van der Waals surface area contributed by atoms with Crippen LogP contribution in [0.2, 0.25) is 0 Å². The van der Waals surface area contributed by atoms with E-state index in [4.69, 9.17) is 0 Å². The number of thiophene rings is 1. The van der Waals surface area contributed by atoms with Gasteiger partial charge in [0, 0.05) is 16.0 Å². The van der Waals surface area contributed by atoms with Gasteiger partial charge < -0.3 is 10.4 Å². The lowest BCUT2D eigenvalue weighted by atomic mass is 10.1. The van der Waals surface area contributed by atoms with E-state index in [0.29, 0.717) is 5.56 Å². The summed E-state index contributed by atoms with van der Waals surface area (Å²) in [5.41, 5.74) is 1.40. The van der Waals surface area contributed by atoms with Crippen molar-refractivity contribution in [3.63, 3.8) is 0 Å². The van der Waals surface area contributed by atoms with Crippen molar-refractivity contribution in [3.8, 4) is 5.75 Å². The lowest BCUT2D eigenvalue weighted by molar-refractivity contribution is -0.115. The van der Waals surface area contributed by atoms with E-state index >= 15 is 0 Å². The zero-order valence-corrected chi connectivity index (χ0v) is 11.5. The molecule has 0 atom stereocenters. The molecule has 1 heterocycles. The number of fused-ring (bicyclic) bond motifs is 1. The zero-order valence-electron chi connectivity index (χ0n) is 10.7. The molecule has 20 heavy (non-hydrogen) atoms. The molecule has 3 aromatic rings. The first-order valence-corrected chi connectivity index (χ1v) is 7.14. The van der Waals surface area contributed by atoms with Crippen molar-refractivity contribution in [3.05, 3.63) is 59.5 Å².